The van der Waals surface area contributed by atoms with E-state index in [1.807, 2.05) is 41.5 Å². The molecular formula is C20H40IN5O3. The van der Waals surface area contributed by atoms with Crippen molar-refractivity contribution < 1.29 is 14.3 Å². The first kappa shape index (κ1) is 27.7. The van der Waals surface area contributed by atoms with Crippen molar-refractivity contribution >= 4 is 41.9 Å². The summed E-state index contributed by atoms with van der Waals surface area (Å²) in [5, 5.41) is 12.5. The lowest BCUT2D eigenvalue weighted by Gasteiger charge is -2.31. The van der Waals surface area contributed by atoms with Crippen molar-refractivity contribution in [3.8, 4) is 0 Å². The minimum atomic E-state index is -0.478. The Kier molecular flexibility index (Phi) is 13.3. The van der Waals surface area contributed by atoms with Crippen LogP contribution in [-0.2, 0) is 9.53 Å². The van der Waals surface area contributed by atoms with Crippen molar-refractivity contribution in [1.82, 2.24) is 21.3 Å². The lowest BCUT2D eigenvalue weighted by Crippen LogP contribution is -2.48. The summed E-state index contributed by atoms with van der Waals surface area (Å²) in [4.78, 5) is 28.0. The molecule has 0 aromatic rings. The first-order chi connectivity index (χ1) is 13.1. The van der Waals surface area contributed by atoms with Gasteiger partial charge >= 0.3 is 6.09 Å². The van der Waals surface area contributed by atoms with Crippen molar-refractivity contribution in [3.05, 3.63) is 0 Å². The zero-order valence-electron chi connectivity index (χ0n) is 18.8. The van der Waals surface area contributed by atoms with Gasteiger partial charge in [0.1, 0.15) is 5.60 Å². The monoisotopic (exact) mass is 525 g/mol. The van der Waals surface area contributed by atoms with Gasteiger partial charge in [-0.25, -0.2) is 4.79 Å². The maximum atomic E-state index is 11.9. The summed E-state index contributed by atoms with van der Waals surface area (Å²) >= 11 is 0. The molecule has 0 heterocycles. The smallest absolute Gasteiger partial charge is 0.407 e. The highest BCUT2D eigenvalue weighted by Crippen LogP contribution is 2.19. The van der Waals surface area contributed by atoms with Gasteiger partial charge < -0.3 is 26.0 Å². The van der Waals surface area contributed by atoms with Gasteiger partial charge in [-0.2, -0.15) is 0 Å². The molecule has 0 radical (unpaired) electrons. The summed E-state index contributed by atoms with van der Waals surface area (Å²) in [6.45, 7) is 13.2. The largest absolute Gasteiger partial charge is 0.444 e. The third-order valence-corrected chi connectivity index (χ3v) is 4.34. The average Bonchev–Trinajstić information content (AvgIpc) is 2.58. The van der Waals surface area contributed by atoms with Gasteiger partial charge in [-0.3, -0.25) is 9.79 Å². The molecule has 1 rings (SSSR count). The zero-order valence-corrected chi connectivity index (χ0v) is 21.1. The third kappa shape index (κ3) is 12.8. The molecule has 1 fully saturated rings. The van der Waals surface area contributed by atoms with Crippen LogP contribution in [0.5, 0.6) is 0 Å². The molecule has 9 heteroatoms. The van der Waals surface area contributed by atoms with Crippen molar-refractivity contribution in [2.75, 3.05) is 19.6 Å². The maximum Gasteiger partial charge on any atom is 0.407 e. The molecule has 0 saturated heterocycles. The van der Waals surface area contributed by atoms with E-state index in [-0.39, 0.29) is 47.9 Å². The second-order valence-electron chi connectivity index (χ2n) is 8.55. The van der Waals surface area contributed by atoms with Crippen LogP contribution in [0.1, 0.15) is 67.2 Å². The third-order valence-electron chi connectivity index (χ3n) is 4.34. The number of rotatable bonds is 7. The van der Waals surface area contributed by atoms with Gasteiger partial charge in [0.15, 0.2) is 5.96 Å². The van der Waals surface area contributed by atoms with Crippen LogP contribution in [0.2, 0.25) is 0 Å². The molecule has 0 atom stereocenters. The highest BCUT2D eigenvalue weighted by molar-refractivity contribution is 14.0. The van der Waals surface area contributed by atoms with Crippen LogP contribution in [0.15, 0.2) is 4.99 Å². The van der Waals surface area contributed by atoms with Crippen LogP contribution >= 0.6 is 24.0 Å². The number of guanidine groups is 1. The van der Waals surface area contributed by atoms with E-state index in [0.29, 0.717) is 19.1 Å². The second kappa shape index (κ2) is 13.9. The SMILES string of the molecule is CCNC(=NCCNC(=O)C(C)C)NC1CCC(NC(=O)OC(C)(C)C)CC1.I. The fourth-order valence-corrected chi connectivity index (χ4v) is 2.92. The Morgan fingerprint density at radius 3 is 2.07 bits per heavy atom. The molecule has 8 nitrogen and oxygen atoms in total. The first-order valence-electron chi connectivity index (χ1n) is 10.4. The summed E-state index contributed by atoms with van der Waals surface area (Å²) in [5.74, 6) is 0.800. The Labute approximate surface area is 192 Å². The number of aliphatic imine (C=N–C) groups is 1. The molecule has 29 heavy (non-hydrogen) atoms. The number of alkyl carbamates (subject to hydrolysis) is 1. The maximum absolute atomic E-state index is 11.9. The zero-order chi connectivity index (χ0) is 21.2. The summed E-state index contributed by atoms with van der Waals surface area (Å²) in [7, 11) is 0. The molecule has 1 saturated carbocycles. The number of carbonyl (C=O) groups is 2. The molecule has 0 bridgehead atoms. The lowest BCUT2D eigenvalue weighted by molar-refractivity contribution is -0.123. The van der Waals surface area contributed by atoms with E-state index >= 15 is 0 Å². The van der Waals surface area contributed by atoms with Crippen molar-refractivity contribution in [1.29, 1.82) is 0 Å². The van der Waals surface area contributed by atoms with E-state index in [0.717, 1.165) is 38.2 Å². The quantitative estimate of drug-likeness (QED) is 0.177. The van der Waals surface area contributed by atoms with Gasteiger partial charge in [-0.15, -0.1) is 24.0 Å². The van der Waals surface area contributed by atoms with Crippen molar-refractivity contribution in [3.63, 3.8) is 0 Å². The van der Waals surface area contributed by atoms with Gasteiger partial charge in [-0.1, -0.05) is 13.8 Å². The van der Waals surface area contributed by atoms with Crippen LogP contribution in [0.4, 0.5) is 4.79 Å². The molecule has 0 spiro atoms. The standard InChI is InChI=1S/C20H39N5O3.HI/c1-7-21-18(23-13-12-22-17(26)14(2)3)24-15-8-10-16(11-9-15)25-19(27)28-20(4,5)6;/h14-16H,7-13H2,1-6H3,(H,22,26)(H,25,27)(H2,21,23,24);1H. The number of nitrogens with zero attached hydrogens (tertiary/aromatic N) is 1. The van der Waals surface area contributed by atoms with E-state index < -0.39 is 5.60 Å². The van der Waals surface area contributed by atoms with Crippen LogP contribution in [0.3, 0.4) is 0 Å². The molecular weight excluding hydrogens is 485 g/mol. The summed E-state index contributed by atoms with van der Waals surface area (Å²) in [6, 6.07) is 0.471. The minimum absolute atomic E-state index is 0. The first-order valence-corrected chi connectivity index (χ1v) is 10.4. The van der Waals surface area contributed by atoms with Crippen LogP contribution in [0, 0.1) is 5.92 Å². The number of hydrogen-bond acceptors (Lipinski definition) is 4. The van der Waals surface area contributed by atoms with E-state index in [2.05, 4.69) is 26.3 Å². The summed E-state index contributed by atoms with van der Waals surface area (Å²) < 4.78 is 5.33. The van der Waals surface area contributed by atoms with Crippen molar-refractivity contribution in [2.24, 2.45) is 10.9 Å². The van der Waals surface area contributed by atoms with E-state index in [9.17, 15) is 9.59 Å². The number of carbonyl (C=O) groups excluding carboxylic acids is 2. The normalized spacial score (nSPS) is 19.8. The Morgan fingerprint density at radius 2 is 1.59 bits per heavy atom. The van der Waals surface area contributed by atoms with Gasteiger partial charge in [0.2, 0.25) is 5.91 Å². The number of hydrogen-bond donors (Lipinski definition) is 4. The topological polar surface area (TPSA) is 104 Å². The molecule has 2 amide bonds. The average molecular weight is 525 g/mol. The summed E-state index contributed by atoms with van der Waals surface area (Å²) in [6.07, 6.45) is 3.37. The number of ether oxygens (including phenoxy) is 1. The van der Waals surface area contributed by atoms with Gasteiger partial charge in [-0.05, 0) is 53.4 Å². The molecule has 4 N–H and O–H groups in total. The fourth-order valence-electron chi connectivity index (χ4n) is 2.92. The highest BCUT2D eigenvalue weighted by Gasteiger charge is 2.25. The van der Waals surface area contributed by atoms with Gasteiger partial charge in [0.25, 0.3) is 0 Å². The number of amides is 2. The van der Waals surface area contributed by atoms with Crippen LogP contribution in [-0.4, -0.2) is 55.3 Å². The van der Waals surface area contributed by atoms with E-state index in [1.165, 1.54) is 0 Å². The van der Waals surface area contributed by atoms with E-state index in [1.54, 1.807) is 0 Å². The molecule has 0 unspecified atom stereocenters. The number of halogens is 1. The Balaban J connectivity index is 0.00000784. The molecule has 1 aliphatic carbocycles. The van der Waals surface area contributed by atoms with E-state index in [4.69, 9.17) is 4.74 Å². The van der Waals surface area contributed by atoms with Crippen LogP contribution < -0.4 is 21.3 Å². The van der Waals surface area contributed by atoms with Gasteiger partial charge in [0, 0.05) is 31.1 Å². The number of nitrogens with one attached hydrogen (secondary N) is 4. The second-order valence-corrected chi connectivity index (χ2v) is 8.55. The van der Waals surface area contributed by atoms with Crippen LogP contribution in [0.25, 0.3) is 0 Å². The Morgan fingerprint density at radius 1 is 1.03 bits per heavy atom. The molecule has 0 aromatic heterocycles. The van der Waals surface area contributed by atoms with Gasteiger partial charge in [0.05, 0.1) is 6.54 Å². The predicted octanol–water partition coefficient (Wildman–Crippen LogP) is 2.77. The minimum Gasteiger partial charge on any atom is -0.444 e. The highest BCUT2D eigenvalue weighted by atomic mass is 127. The molecule has 0 aliphatic heterocycles. The van der Waals surface area contributed by atoms with Crippen molar-refractivity contribution in [2.45, 2.75) is 84.9 Å². The molecule has 1 aliphatic rings. The molecule has 0 aromatic carbocycles. The molecule has 170 valence electrons. The lowest BCUT2D eigenvalue weighted by atomic mass is 9.91. The predicted molar refractivity (Wildman–Crippen MR) is 128 cm³/mol. The summed E-state index contributed by atoms with van der Waals surface area (Å²) in [5.41, 5.74) is -0.478. The Bertz CT molecular complexity index is 527. The Hall–Kier alpha value is -1.26. The fraction of sp³-hybridized carbons (Fsp3) is 0.850.